The molecule has 6 heteroatoms. The Hall–Kier alpha value is -2.20. The third-order valence-electron chi connectivity index (χ3n) is 5.11. The molecule has 3 aromatic rings. The van der Waals surface area contributed by atoms with E-state index in [2.05, 4.69) is 6.07 Å². The van der Waals surface area contributed by atoms with Crippen LogP contribution in [-0.4, -0.2) is 10.7 Å². The van der Waals surface area contributed by atoms with E-state index < -0.39 is 6.23 Å². The Morgan fingerprint density at radius 2 is 1.61 bits per heavy atom. The minimum absolute atomic E-state index is 0.0763. The second kappa shape index (κ2) is 7.00. The highest BCUT2D eigenvalue weighted by Gasteiger charge is 2.41. The summed E-state index contributed by atoms with van der Waals surface area (Å²) in [6.07, 6.45) is 0.360. The number of rotatable bonds is 2. The van der Waals surface area contributed by atoms with Crippen molar-refractivity contribution in [2.45, 2.75) is 18.7 Å². The van der Waals surface area contributed by atoms with Crippen LogP contribution in [0.1, 0.15) is 35.4 Å². The first-order valence-electron chi connectivity index (χ1n) is 8.92. The van der Waals surface area contributed by atoms with E-state index in [4.69, 9.17) is 44.6 Å². The molecule has 0 N–H and O–H groups in total. The Bertz CT molecular complexity index is 1080. The van der Waals surface area contributed by atoms with Gasteiger partial charge in [-0.25, -0.2) is 5.01 Å². The summed E-state index contributed by atoms with van der Waals surface area (Å²) in [5, 5.41) is 8.78. The molecule has 3 aromatic carbocycles. The summed E-state index contributed by atoms with van der Waals surface area (Å²) >= 11 is 18.6. The Balaban J connectivity index is 1.61. The SMILES string of the molecule is Clc1ccc(C2=NN3[C@@H](C2)c2ccccc2O[C@H]3c2ccc(Cl)cc2Cl)cc1. The van der Waals surface area contributed by atoms with Crippen molar-refractivity contribution in [3.63, 3.8) is 0 Å². The Labute approximate surface area is 178 Å². The molecule has 140 valence electrons. The van der Waals surface area contributed by atoms with Crippen LogP contribution in [0, 0.1) is 0 Å². The number of halogens is 3. The van der Waals surface area contributed by atoms with E-state index in [-0.39, 0.29) is 6.04 Å². The fourth-order valence-electron chi connectivity index (χ4n) is 3.76. The lowest BCUT2D eigenvalue weighted by atomic mass is 9.96. The number of ether oxygens (including phenoxy) is 1. The third-order valence-corrected chi connectivity index (χ3v) is 5.92. The first-order chi connectivity index (χ1) is 13.6. The van der Waals surface area contributed by atoms with Gasteiger partial charge in [0.25, 0.3) is 0 Å². The van der Waals surface area contributed by atoms with Crippen LogP contribution < -0.4 is 4.74 Å². The highest BCUT2D eigenvalue weighted by Crippen LogP contribution is 2.48. The summed E-state index contributed by atoms with van der Waals surface area (Å²) in [6, 6.07) is 21.4. The zero-order chi connectivity index (χ0) is 19.3. The van der Waals surface area contributed by atoms with Crippen LogP contribution >= 0.6 is 34.8 Å². The fraction of sp³-hybridized carbons (Fsp3) is 0.136. The quantitative estimate of drug-likeness (QED) is 0.443. The summed E-state index contributed by atoms with van der Waals surface area (Å²) < 4.78 is 6.33. The fourth-order valence-corrected chi connectivity index (χ4v) is 4.39. The number of nitrogens with zero attached hydrogens (tertiary/aromatic N) is 2. The summed E-state index contributed by atoms with van der Waals surface area (Å²) in [7, 11) is 0. The zero-order valence-corrected chi connectivity index (χ0v) is 16.9. The summed E-state index contributed by atoms with van der Waals surface area (Å²) in [5.41, 5.74) is 4.01. The van der Waals surface area contributed by atoms with Gasteiger partial charge >= 0.3 is 0 Å². The van der Waals surface area contributed by atoms with Crippen LogP contribution in [0.5, 0.6) is 5.75 Å². The largest absolute Gasteiger partial charge is 0.464 e. The molecule has 28 heavy (non-hydrogen) atoms. The molecule has 2 aliphatic heterocycles. The lowest BCUT2D eigenvalue weighted by Crippen LogP contribution is -2.33. The van der Waals surface area contributed by atoms with Gasteiger partial charge in [0.1, 0.15) is 5.75 Å². The summed E-state index contributed by atoms with van der Waals surface area (Å²) in [6.45, 7) is 0. The van der Waals surface area contributed by atoms with Gasteiger partial charge in [0.05, 0.1) is 16.8 Å². The lowest BCUT2D eigenvalue weighted by Gasteiger charge is -2.38. The number of hydrazone groups is 1. The normalized spacial score (nSPS) is 20.2. The van der Waals surface area contributed by atoms with Gasteiger partial charge < -0.3 is 4.74 Å². The second-order valence-corrected chi connectivity index (χ2v) is 8.11. The molecule has 0 unspecified atom stereocenters. The number of hydrogen-bond acceptors (Lipinski definition) is 3. The van der Waals surface area contributed by atoms with Crippen LogP contribution in [0.15, 0.2) is 71.8 Å². The molecule has 0 spiro atoms. The van der Waals surface area contributed by atoms with Crippen molar-refractivity contribution in [2.75, 3.05) is 0 Å². The summed E-state index contributed by atoms with van der Waals surface area (Å²) in [4.78, 5) is 0. The highest BCUT2D eigenvalue weighted by atomic mass is 35.5. The maximum absolute atomic E-state index is 6.50. The molecule has 2 atom stereocenters. The molecule has 0 fully saturated rings. The molecule has 0 amide bonds. The van der Waals surface area contributed by atoms with Gasteiger partial charge in [-0.15, -0.1) is 0 Å². The molecule has 3 nitrogen and oxygen atoms in total. The molecule has 5 rings (SSSR count). The van der Waals surface area contributed by atoms with E-state index in [0.29, 0.717) is 15.1 Å². The van der Waals surface area contributed by atoms with E-state index in [1.807, 2.05) is 59.6 Å². The van der Waals surface area contributed by atoms with Crippen LogP contribution in [0.4, 0.5) is 0 Å². The van der Waals surface area contributed by atoms with Crippen molar-refractivity contribution in [1.29, 1.82) is 0 Å². The topological polar surface area (TPSA) is 24.8 Å². The van der Waals surface area contributed by atoms with Gasteiger partial charge in [0.15, 0.2) is 0 Å². The van der Waals surface area contributed by atoms with E-state index in [9.17, 15) is 0 Å². The average Bonchev–Trinajstić information content (AvgIpc) is 3.14. The van der Waals surface area contributed by atoms with Crippen molar-refractivity contribution in [1.82, 2.24) is 5.01 Å². The van der Waals surface area contributed by atoms with Crippen LogP contribution in [0.2, 0.25) is 15.1 Å². The maximum atomic E-state index is 6.50. The zero-order valence-electron chi connectivity index (χ0n) is 14.6. The van der Waals surface area contributed by atoms with Gasteiger partial charge in [0.2, 0.25) is 6.23 Å². The Morgan fingerprint density at radius 1 is 0.857 bits per heavy atom. The minimum atomic E-state index is -0.422. The number of benzene rings is 3. The van der Waals surface area contributed by atoms with E-state index in [0.717, 1.165) is 34.6 Å². The standard InChI is InChI=1S/C22H15Cl3N2O/c23-14-7-5-13(6-8-14)19-12-20-17-3-1-2-4-21(17)28-22(27(20)26-19)16-10-9-15(24)11-18(16)25/h1-11,20,22H,12H2/t20-,22-/m0/s1. The molecule has 0 aromatic heterocycles. The first kappa shape index (κ1) is 17.9. The van der Waals surface area contributed by atoms with Crippen molar-refractivity contribution < 1.29 is 4.74 Å². The van der Waals surface area contributed by atoms with E-state index in [1.54, 1.807) is 6.07 Å². The number of para-hydroxylation sites is 1. The minimum Gasteiger partial charge on any atom is -0.464 e. The molecule has 0 radical (unpaired) electrons. The van der Waals surface area contributed by atoms with Gasteiger partial charge in [0, 0.05) is 27.6 Å². The molecular formula is C22H15Cl3N2O. The monoisotopic (exact) mass is 428 g/mol. The Kier molecular flexibility index (Phi) is 4.47. The van der Waals surface area contributed by atoms with Crippen molar-refractivity contribution in [3.05, 3.63) is 98.5 Å². The van der Waals surface area contributed by atoms with Gasteiger partial charge in [-0.3, -0.25) is 0 Å². The van der Waals surface area contributed by atoms with Gasteiger partial charge in [-0.1, -0.05) is 71.2 Å². The first-order valence-corrected chi connectivity index (χ1v) is 10.1. The maximum Gasteiger partial charge on any atom is 0.215 e. The molecule has 2 heterocycles. The van der Waals surface area contributed by atoms with Crippen molar-refractivity contribution in [2.24, 2.45) is 5.10 Å². The predicted molar refractivity (Wildman–Crippen MR) is 113 cm³/mol. The summed E-state index contributed by atoms with van der Waals surface area (Å²) in [5.74, 6) is 0.854. The predicted octanol–water partition coefficient (Wildman–Crippen LogP) is 6.89. The van der Waals surface area contributed by atoms with Crippen molar-refractivity contribution >= 4 is 40.5 Å². The third kappa shape index (κ3) is 3.04. The van der Waals surface area contributed by atoms with Gasteiger partial charge in [-0.2, -0.15) is 5.10 Å². The van der Waals surface area contributed by atoms with Crippen molar-refractivity contribution in [3.8, 4) is 5.75 Å². The smallest absolute Gasteiger partial charge is 0.215 e. The van der Waals surface area contributed by atoms with Crippen LogP contribution in [-0.2, 0) is 0 Å². The van der Waals surface area contributed by atoms with E-state index >= 15 is 0 Å². The van der Waals surface area contributed by atoms with Crippen LogP contribution in [0.3, 0.4) is 0 Å². The molecule has 0 bridgehead atoms. The molecule has 0 saturated carbocycles. The number of hydrogen-bond donors (Lipinski definition) is 0. The molecule has 2 aliphatic rings. The molecule has 0 saturated heterocycles. The van der Waals surface area contributed by atoms with Gasteiger partial charge in [-0.05, 0) is 35.9 Å². The lowest BCUT2D eigenvalue weighted by molar-refractivity contribution is -0.0189. The average molecular weight is 430 g/mol. The number of fused-ring (bicyclic) bond motifs is 3. The van der Waals surface area contributed by atoms with E-state index in [1.165, 1.54) is 0 Å². The Morgan fingerprint density at radius 3 is 2.39 bits per heavy atom. The van der Waals surface area contributed by atoms with Crippen LogP contribution in [0.25, 0.3) is 0 Å². The second-order valence-electron chi connectivity index (χ2n) is 6.83. The molecule has 0 aliphatic carbocycles. The molecular weight excluding hydrogens is 415 g/mol. The highest BCUT2D eigenvalue weighted by molar-refractivity contribution is 6.35.